The third-order valence-corrected chi connectivity index (χ3v) is 7.16. The number of aromatic nitrogens is 1. The Morgan fingerprint density at radius 2 is 2.14 bits per heavy atom. The minimum Gasteiger partial charge on any atom is -0.459 e. The molecule has 4 rings (SSSR count). The van der Waals surface area contributed by atoms with Crippen LogP contribution in [-0.2, 0) is 6.42 Å². The lowest BCUT2D eigenvalue weighted by Crippen LogP contribution is -2.32. The summed E-state index contributed by atoms with van der Waals surface area (Å²) in [5.41, 5.74) is 1.99. The average molecular weight is 416 g/mol. The molecule has 0 saturated heterocycles. The number of hydrogen-bond acceptors (Lipinski definition) is 6. The van der Waals surface area contributed by atoms with E-state index in [-0.39, 0.29) is 23.6 Å². The maximum atomic E-state index is 13.2. The third kappa shape index (κ3) is 3.49. The number of furan rings is 1. The van der Waals surface area contributed by atoms with E-state index in [1.165, 1.54) is 22.5 Å². The van der Waals surface area contributed by atoms with E-state index in [0.717, 1.165) is 35.5 Å². The largest absolute Gasteiger partial charge is 0.459 e. The van der Waals surface area contributed by atoms with Crippen molar-refractivity contribution in [3.63, 3.8) is 0 Å². The topological polar surface area (TPSA) is 75.4 Å². The number of thiazole rings is 1. The van der Waals surface area contributed by atoms with Gasteiger partial charge >= 0.3 is 0 Å². The van der Waals surface area contributed by atoms with Crippen LogP contribution in [0.5, 0.6) is 0 Å². The number of aryl methyl sites for hydroxylation is 3. The normalized spacial score (nSPS) is 15.9. The summed E-state index contributed by atoms with van der Waals surface area (Å²) in [4.78, 5) is 33.7. The molecule has 0 saturated carbocycles. The molecule has 0 spiro atoms. The quantitative estimate of drug-likeness (QED) is 0.663. The first-order valence-corrected chi connectivity index (χ1v) is 10.8. The summed E-state index contributed by atoms with van der Waals surface area (Å²) < 4.78 is 5.12. The molecule has 3 aromatic rings. The van der Waals surface area contributed by atoms with E-state index in [9.17, 15) is 9.59 Å². The number of amides is 2. The van der Waals surface area contributed by atoms with E-state index in [2.05, 4.69) is 10.3 Å². The van der Waals surface area contributed by atoms with E-state index in [0.29, 0.717) is 9.88 Å². The Bertz CT molecular complexity index is 1020. The van der Waals surface area contributed by atoms with Gasteiger partial charge in [-0.25, -0.2) is 4.98 Å². The summed E-state index contributed by atoms with van der Waals surface area (Å²) in [6.45, 7) is 3.91. The first-order valence-electron chi connectivity index (χ1n) is 9.12. The smallest absolute Gasteiger partial charge is 0.291 e. The molecule has 1 N–H and O–H groups in total. The molecule has 0 aliphatic heterocycles. The lowest BCUT2D eigenvalue weighted by molar-refractivity contribution is 0.0722. The number of rotatable bonds is 4. The van der Waals surface area contributed by atoms with Gasteiger partial charge in [-0.2, -0.15) is 0 Å². The highest BCUT2D eigenvalue weighted by Gasteiger charge is 2.31. The molecule has 0 unspecified atom stereocenters. The van der Waals surface area contributed by atoms with Gasteiger partial charge < -0.3 is 14.6 Å². The number of carbonyl (C=O) groups is 2. The zero-order valence-corrected chi connectivity index (χ0v) is 17.6. The van der Waals surface area contributed by atoms with Crippen LogP contribution in [0.1, 0.15) is 60.3 Å². The molecule has 3 aromatic heterocycles. The predicted octanol–water partition coefficient (Wildman–Crippen LogP) is 4.82. The molecule has 1 aliphatic rings. The van der Waals surface area contributed by atoms with Crippen LogP contribution in [0.25, 0.3) is 0 Å². The molecule has 146 valence electrons. The molecule has 8 heteroatoms. The summed E-state index contributed by atoms with van der Waals surface area (Å²) in [5.74, 6) is -0.105. The van der Waals surface area contributed by atoms with Crippen LogP contribution in [0.3, 0.4) is 0 Å². The molecular formula is C20H21N3O3S2. The number of hydrogen-bond donors (Lipinski definition) is 1. The van der Waals surface area contributed by atoms with Gasteiger partial charge in [-0.1, -0.05) is 0 Å². The van der Waals surface area contributed by atoms with Crippen LogP contribution in [0.15, 0.2) is 28.9 Å². The maximum absolute atomic E-state index is 13.2. The van der Waals surface area contributed by atoms with Crippen LogP contribution in [-0.4, -0.2) is 28.7 Å². The highest BCUT2D eigenvalue weighted by atomic mass is 32.1. The molecule has 0 radical (unpaired) electrons. The van der Waals surface area contributed by atoms with Gasteiger partial charge in [-0.05, 0) is 56.9 Å². The molecular weight excluding hydrogens is 394 g/mol. The molecule has 0 bridgehead atoms. The number of thiophene rings is 1. The number of anilines is 1. The standard InChI is InChI=1S/C20H21N3O3S2/c1-11-10-16(22-19(24)15-8-5-9-26-15)28-17(11)20(25)23(3)14-7-4-6-13-18(14)27-12(2)21-13/h5,8-10,14H,4,6-7H2,1-3H3,(H,22,24)/t14-/m0/s1. The summed E-state index contributed by atoms with van der Waals surface area (Å²) in [5, 5.41) is 4.49. The van der Waals surface area contributed by atoms with Gasteiger partial charge in [0.05, 0.1) is 37.8 Å². The van der Waals surface area contributed by atoms with Crippen molar-refractivity contribution < 1.29 is 14.0 Å². The Kier molecular flexibility index (Phi) is 5.07. The van der Waals surface area contributed by atoms with Crippen molar-refractivity contribution in [2.24, 2.45) is 0 Å². The molecule has 0 aromatic carbocycles. The SMILES string of the molecule is Cc1nc2c(s1)[C@@H](N(C)C(=O)c1sc(NC(=O)c3ccco3)cc1C)CCC2. The Balaban J connectivity index is 1.54. The lowest BCUT2D eigenvalue weighted by atomic mass is 9.97. The molecule has 3 heterocycles. The fourth-order valence-corrected chi connectivity index (χ4v) is 5.73. The van der Waals surface area contributed by atoms with Crippen molar-refractivity contribution in [2.45, 2.75) is 39.2 Å². The van der Waals surface area contributed by atoms with Gasteiger partial charge in [0.25, 0.3) is 11.8 Å². The van der Waals surface area contributed by atoms with Gasteiger partial charge in [0, 0.05) is 7.05 Å². The zero-order valence-electron chi connectivity index (χ0n) is 15.9. The molecule has 28 heavy (non-hydrogen) atoms. The van der Waals surface area contributed by atoms with E-state index in [4.69, 9.17) is 4.42 Å². The summed E-state index contributed by atoms with van der Waals surface area (Å²) >= 11 is 2.98. The predicted molar refractivity (Wildman–Crippen MR) is 110 cm³/mol. The number of carbonyl (C=O) groups excluding carboxylic acids is 2. The molecule has 2 amide bonds. The summed E-state index contributed by atoms with van der Waals surface area (Å²) in [7, 11) is 1.86. The second-order valence-electron chi connectivity index (χ2n) is 6.92. The van der Waals surface area contributed by atoms with Gasteiger partial charge in [0.15, 0.2) is 5.76 Å². The Morgan fingerprint density at radius 1 is 1.32 bits per heavy atom. The van der Waals surface area contributed by atoms with Crippen molar-refractivity contribution in [1.29, 1.82) is 0 Å². The zero-order chi connectivity index (χ0) is 19.8. The maximum Gasteiger partial charge on any atom is 0.291 e. The first-order chi connectivity index (χ1) is 13.4. The lowest BCUT2D eigenvalue weighted by Gasteiger charge is -2.30. The van der Waals surface area contributed by atoms with Gasteiger partial charge in [-0.3, -0.25) is 9.59 Å². The van der Waals surface area contributed by atoms with Crippen molar-refractivity contribution in [1.82, 2.24) is 9.88 Å². The minimum absolute atomic E-state index is 0.0232. The summed E-state index contributed by atoms with van der Waals surface area (Å²) in [6, 6.07) is 5.16. The highest BCUT2D eigenvalue weighted by molar-refractivity contribution is 7.18. The van der Waals surface area contributed by atoms with Crippen molar-refractivity contribution in [2.75, 3.05) is 12.4 Å². The number of nitrogens with one attached hydrogen (secondary N) is 1. The first kappa shape index (κ1) is 18.9. The van der Waals surface area contributed by atoms with Crippen LogP contribution >= 0.6 is 22.7 Å². The second kappa shape index (κ2) is 7.52. The van der Waals surface area contributed by atoms with E-state index in [1.807, 2.05) is 31.9 Å². The van der Waals surface area contributed by atoms with E-state index in [1.54, 1.807) is 23.5 Å². The number of nitrogens with zero attached hydrogens (tertiary/aromatic N) is 2. The molecule has 6 nitrogen and oxygen atoms in total. The van der Waals surface area contributed by atoms with E-state index >= 15 is 0 Å². The third-order valence-electron chi connectivity index (χ3n) is 4.91. The fourth-order valence-electron chi connectivity index (χ4n) is 3.53. The summed E-state index contributed by atoms with van der Waals surface area (Å²) in [6.07, 6.45) is 4.42. The average Bonchev–Trinajstić information content (AvgIpc) is 3.39. The Morgan fingerprint density at radius 3 is 2.89 bits per heavy atom. The monoisotopic (exact) mass is 415 g/mol. The molecule has 0 fully saturated rings. The van der Waals surface area contributed by atoms with Crippen LogP contribution < -0.4 is 5.32 Å². The van der Waals surface area contributed by atoms with Crippen molar-refractivity contribution in [3.05, 3.63) is 56.2 Å². The van der Waals surface area contributed by atoms with Gasteiger partial charge in [0.1, 0.15) is 0 Å². The molecule has 1 atom stereocenters. The van der Waals surface area contributed by atoms with Gasteiger partial charge in [-0.15, -0.1) is 22.7 Å². The highest BCUT2D eigenvalue weighted by Crippen LogP contribution is 2.39. The minimum atomic E-state index is -0.323. The van der Waals surface area contributed by atoms with Crippen LogP contribution in [0.4, 0.5) is 5.00 Å². The Labute approximate surface area is 171 Å². The van der Waals surface area contributed by atoms with Crippen LogP contribution in [0, 0.1) is 13.8 Å². The van der Waals surface area contributed by atoms with Gasteiger partial charge in [0.2, 0.25) is 0 Å². The second-order valence-corrected chi connectivity index (χ2v) is 9.21. The number of fused-ring (bicyclic) bond motifs is 1. The van der Waals surface area contributed by atoms with Crippen molar-refractivity contribution in [3.8, 4) is 0 Å². The van der Waals surface area contributed by atoms with Crippen molar-refractivity contribution >= 4 is 39.5 Å². The van der Waals surface area contributed by atoms with E-state index < -0.39 is 0 Å². The Hall–Kier alpha value is -2.45. The van der Waals surface area contributed by atoms with Crippen LogP contribution in [0.2, 0.25) is 0 Å². The fraction of sp³-hybridized carbons (Fsp3) is 0.350. The molecule has 1 aliphatic carbocycles.